The summed E-state index contributed by atoms with van der Waals surface area (Å²) in [7, 11) is 1.46. The Balaban J connectivity index is 1.75. The first-order chi connectivity index (χ1) is 12.0. The summed E-state index contributed by atoms with van der Waals surface area (Å²) in [5, 5.41) is 6.73. The van der Waals surface area contributed by atoms with Crippen molar-refractivity contribution in [2.24, 2.45) is 0 Å². The highest BCUT2D eigenvalue weighted by Gasteiger charge is 2.16. The Kier molecular flexibility index (Phi) is 6.97. The van der Waals surface area contributed by atoms with Crippen molar-refractivity contribution in [1.82, 2.24) is 4.90 Å². The lowest BCUT2D eigenvalue weighted by atomic mass is 10.2. The fourth-order valence-corrected chi connectivity index (χ4v) is 2.77. The quantitative estimate of drug-likeness (QED) is 0.749. The molecule has 132 valence electrons. The second kappa shape index (κ2) is 9.19. The Hall–Kier alpha value is -2.38. The zero-order chi connectivity index (χ0) is 18.2. The standard InChI is InChI=1S/C17H17ClN2O4S/c1-20(9-15(21)19-14-5-3-2-4-13(14)18)16(22)10-24-17(23)8-12-6-7-25-11-12/h2-7,11H,8-10H2,1H3,(H,19,21). The highest BCUT2D eigenvalue weighted by atomic mass is 35.5. The minimum atomic E-state index is -0.485. The number of thiophene rings is 1. The molecular weight excluding hydrogens is 364 g/mol. The number of amides is 2. The number of hydrogen-bond acceptors (Lipinski definition) is 5. The van der Waals surface area contributed by atoms with Crippen LogP contribution in [0.5, 0.6) is 0 Å². The highest BCUT2D eigenvalue weighted by Crippen LogP contribution is 2.20. The lowest BCUT2D eigenvalue weighted by molar-refractivity contribution is -0.151. The summed E-state index contributed by atoms with van der Waals surface area (Å²) in [5.41, 5.74) is 1.31. The van der Waals surface area contributed by atoms with E-state index < -0.39 is 24.4 Å². The van der Waals surface area contributed by atoms with Gasteiger partial charge in [-0.1, -0.05) is 23.7 Å². The molecule has 2 aromatic rings. The van der Waals surface area contributed by atoms with Crippen LogP contribution in [0.15, 0.2) is 41.1 Å². The molecule has 0 fully saturated rings. The summed E-state index contributed by atoms with van der Waals surface area (Å²) < 4.78 is 4.94. The molecule has 6 nitrogen and oxygen atoms in total. The molecule has 0 aliphatic rings. The maximum Gasteiger partial charge on any atom is 0.310 e. The SMILES string of the molecule is CN(CC(=O)Nc1ccccc1Cl)C(=O)COC(=O)Cc1ccsc1. The van der Waals surface area contributed by atoms with Gasteiger partial charge in [-0.3, -0.25) is 14.4 Å². The van der Waals surface area contributed by atoms with Gasteiger partial charge in [0.25, 0.3) is 5.91 Å². The van der Waals surface area contributed by atoms with Gasteiger partial charge in [-0.05, 0) is 34.5 Å². The van der Waals surface area contributed by atoms with Gasteiger partial charge in [-0.2, -0.15) is 11.3 Å². The normalized spacial score (nSPS) is 10.2. The molecule has 0 saturated carbocycles. The number of benzene rings is 1. The van der Waals surface area contributed by atoms with Gasteiger partial charge in [0.05, 0.1) is 23.7 Å². The molecule has 0 radical (unpaired) electrons. The number of para-hydroxylation sites is 1. The molecule has 1 heterocycles. The molecule has 1 N–H and O–H groups in total. The maximum atomic E-state index is 12.0. The summed E-state index contributed by atoms with van der Waals surface area (Å²) in [5.74, 6) is -1.35. The van der Waals surface area contributed by atoms with E-state index in [1.54, 1.807) is 24.3 Å². The average Bonchev–Trinajstić information content (AvgIpc) is 3.07. The van der Waals surface area contributed by atoms with Crippen LogP contribution in [0.25, 0.3) is 0 Å². The van der Waals surface area contributed by atoms with E-state index in [4.69, 9.17) is 16.3 Å². The third-order valence-electron chi connectivity index (χ3n) is 3.24. The Morgan fingerprint density at radius 1 is 1.24 bits per heavy atom. The Morgan fingerprint density at radius 2 is 2.00 bits per heavy atom. The second-order valence-corrected chi connectivity index (χ2v) is 6.43. The van der Waals surface area contributed by atoms with Crippen molar-refractivity contribution in [1.29, 1.82) is 0 Å². The Bertz CT molecular complexity index is 749. The van der Waals surface area contributed by atoms with Gasteiger partial charge in [-0.15, -0.1) is 0 Å². The molecule has 0 saturated heterocycles. The van der Waals surface area contributed by atoms with Gasteiger partial charge >= 0.3 is 5.97 Å². The molecule has 2 rings (SSSR count). The molecule has 2 amide bonds. The van der Waals surface area contributed by atoms with Gasteiger partial charge in [0, 0.05) is 7.05 Å². The van der Waals surface area contributed by atoms with Crippen molar-refractivity contribution >= 4 is 46.4 Å². The summed E-state index contributed by atoms with van der Waals surface area (Å²) in [6.45, 7) is -0.578. The fraction of sp³-hybridized carbons (Fsp3) is 0.235. The lowest BCUT2D eigenvalue weighted by Gasteiger charge is -2.17. The number of nitrogens with zero attached hydrogens (tertiary/aromatic N) is 1. The average molecular weight is 381 g/mol. The zero-order valence-corrected chi connectivity index (χ0v) is 15.1. The topological polar surface area (TPSA) is 75.7 Å². The molecule has 0 aliphatic carbocycles. The van der Waals surface area contributed by atoms with Crippen molar-refractivity contribution in [2.75, 3.05) is 25.5 Å². The highest BCUT2D eigenvalue weighted by molar-refractivity contribution is 7.08. The molecule has 1 aromatic heterocycles. The van der Waals surface area contributed by atoms with Crippen molar-refractivity contribution < 1.29 is 19.1 Å². The molecule has 1 aromatic carbocycles. The Morgan fingerprint density at radius 3 is 2.68 bits per heavy atom. The van der Waals surface area contributed by atoms with Crippen LogP contribution in [0.3, 0.4) is 0 Å². The first-order valence-corrected chi connectivity index (χ1v) is 8.73. The van der Waals surface area contributed by atoms with Crippen LogP contribution in [0.1, 0.15) is 5.56 Å². The molecule has 0 bridgehead atoms. The number of hydrogen-bond donors (Lipinski definition) is 1. The van der Waals surface area contributed by atoms with Crippen LogP contribution < -0.4 is 5.32 Å². The summed E-state index contributed by atoms with van der Waals surface area (Å²) in [4.78, 5) is 36.7. The van der Waals surface area contributed by atoms with Crippen LogP contribution in [0.4, 0.5) is 5.69 Å². The predicted octanol–water partition coefficient (Wildman–Crippen LogP) is 2.58. The number of carbonyl (C=O) groups excluding carboxylic acids is 3. The molecule has 8 heteroatoms. The Labute approximate surface area is 154 Å². The molecule has 0 atom stereocenters. The minimum absolute atomic E-state index is 0.119. The van der Waals surface area contributed by atoms with Gasteiger partial charge in [0.15, 0.2) is 6.61 Å². The van der Waals surface area contributed by atoms with Gasteiger partial charge in [-0.25, -0.2) is 0 Å². The summed E-state index contributed by atoms with van der Waals surface area (Å²) in [6.07, 6.45) is 0.119. The monoisotopic (exact) mass is 380 g/mol. The number of rotatable bonds is 7. The first kappa shape index (κ1) is 19.0. The van der Waals surface area contributed by atoms with E-state index in [1.165, 1.54) is 23.3 Å². The minimum Gasteiger partial charge on any atom is -0.455 e. The number of ether oxygens (including phenoxy) is 1. The number of halogens is 1. The van der Waals surface area contributed by atoms with Gasteiger partial charge in [0.2, 0.25) is 5.91 Å². The van der Waals surface area contributed by atoms with E-state index in [9.17, 15) is 14.4 Å². The third-order valence-corrected chi connectivity index (χ3v) is 4.30. The van der Waals surface area contributed by atoms with Crippen LogP contribution in [0.2, 0.25) is 5.02 Å². The van der Waals surface area contributed by atoms with E-state index >= 15 is 0 Å². The lowest BCUT2D eigenvalue weighted by Crippen LogP contribution is -2.37. The van der Waals surface area contributed by atoms with Crippen LogP contribution in [0, 0.1) is 0 Å². The van der Waals surface area contributed by atoms with Crippen molar-refractivity contribution in [3.8, 4) is 0 Å². The third kappa shape index (κ3) is 6.21. The number of esters is 1. The molecule has 0 aliphatic heterocycles. The van der Waals surface area contributed by atoms with Gasteiger partial charge < -0.3 is 15.0 Å². The second-order valence-electron chi connectivity index (χ2n) is 5.25. The number of anilines is 1. The zero-order valence-electron chi connectivity index (χ0n) is 13.5. The molecule has 0 unspecified atom stereocenters. The van der Waals surface area contributed by atoms with Crippen LogP contribution in [-0.4, -0.2) is 42.9 Å². The number of carbonyl (C=O) groups is 3. The van der Waals surface area contributed by atoms with Crippen molar-refractivity contribution in [2.45, 2.75) is 6.42 Å². The van der Waals surface area contributed by atoms with E-state index in [0.717, 1.165) is 5.56 Å². The van der Waals surface area contributed by atoms with E-state index in [1.807, 2.05) is 16.8 Å². The fourth-order valence-electron chi connectivity index (χ4n) is 1.92. The maximum absolute atomic E-state index is 12.0. The molecule has 25 heavy (non-hydrogen) atoms. The first-order valence-electron chi connectivity index (χ1n) is 7.40. The number of nitrogens with one attached hydrogen (secondary N) is 1. The van der Waals surface area contributed by atoms with E-state index in [0.29, 0.717) is 10.7 Å². The van der Waals surface area contributed by atoms with Crippen molar-refractivity contribution in [3.05, 3.63) is 51.7 Å². The molecular formula is C17H17ClN2O4S. The van der Waals surface area contributed by atoms with Crippen LogP contribution >= 0.6 is 22.9 Å². The van der Waals surface area contributed by atoms with E-state index in [2.05, 4.69) is 5.32 Å². The van der Waals surface area contributed by atoms with Crippen LogP contribution in [-0.2, 0) is 25.5 Å². The molecule has 0 spiro atoms. The predicted molar refractivity (Wildman–Crippen MR) is 96.7 cm³/mol. The largest absolute Gasteiger partial charge is 0.455 e. The summed E-state index contributed by atoms with van der Waals surface area (Å²) in [6, 6.07) is 8.62. The summed E-state index contributed by atoms with van der Waals surface area (Å²) >= 11 is 7.44. The van der Waals surface area contributed by atoms with Gasteiger partial charge in [0.1, 0.15) is 0 Å². The van der Waals surface area contributed by atoms with Crippen molar-refractivity contribution in [3.63, 3.8) is 0 Å². The smallest absolute Gasteiger partial charge is 0.310 e. The van der Waals surface area contributed by atoms with E-state index in [-0.39, 0.29) is 13.0 Å². The number of likely N-dealkylation sites (N-methyl/N-ethyl adjacent to an activating group) is 1.